The van der Waals surface area contributed by atoms with Gasteiger partial charge in [0.15, 0.2) is 5.76 Å². The van der Waals surface area contributed by atoms with Gasteiger partial charge in [-0.05, 0) is 24.5 Å². The monoisotopic (exact) mass is 328 g/mol. The van der Waals surface area contributed by atoms with Gasteiger partial charge >= 0.3 is 0 Å². The molecule has 3 rings (SSSR count). The molecule has 2 aliphatic heterocycles. The third-order valence-electron chi connectivity index (χ3n) is 4.44. The van der Waals surface area contributed by atoms with E-state index in [2.05, 4.69) is 5.32 Å². The van der Waals surface area contributed by atoms with Crippen molar-refractivity contribution in [1.82, 2.24) is 9.62 Å². The van der Waals surface area contributed by atoms with E-state index < -0.39 is 10.0 Å². The molecule has 0 bridgehead atoms. The predicted molar refractivity (Wildman–Crippen MR) is 78.8 cm³/mol. The second kappa shape index (κ2) is 6.02. The molecule has 0 unspecified atom stereocenters. The quantitative estimate of drug-likeness (QED) is 0.859. The summed E-state index contributed by atoms with van der Waals surface area (Å²) in [5.74, 6) is 0.510. The van der Waals surface area contributed by atoms with Gasteiger partial charge in [0, 0.05) is 25.6 Å². The number of fused-ring (bicyclic) bond motifs is 1. The first-order valence-corrected chi connectivity index (χ1v) is 9.18. The number of carbonyl (C=O) groups is 1. The first-order valence-electron chi connectivity index (χ1n) is 7.33. The van der Waals surface area contributed by atoms with Gasteiger partial charge in [-0.1, -0.05) is 0 Å². The van der Waals surface area contributed by atoms with Crippen molar-refractivity contribution in [2.24, 2.45) is 11.8 Å². The smallest absolute Gasteiger partial charge is 0.287 e. The normalized spacial score (nSPS) is 29.2. The Bertz CT molecular complexity index is 628. The maximum absolute atomic E-state index is 11.9. The molecule has 2 aliphatic rings. The third-order valence-corrected chi connectivity index (χ3v) is 5.70. The van der Waals surface area contributed by atoms with Gasteiger partial charge in [0.2, 0.25) is 10.0 Å². The Kier molecular flexibility index (Phi) is 4.24. The standard InChI is InChI=1S/C14H20N2O5S/c1-22(18,19)16-5-4-11-10(8-16)9-21-13(11)7-15-14(17)12-3-2-6-20-12/h2-3,6,10-11,13H,4-5,7-9H2,1H3,(H,15,17)/t10-,11-,13+/m1/s1. The molecule has 0 saturated carbocycles. The minimum absolute atomic E-state index is 0.0642. The number of ether oxygens (including phenoxy) is 1. The van der Waals surface area contributed by atoms with Gasteiger partial charge < -0.3 is 14.5 Å². The van der Waals surface area contributed by atoms with E-state index in [1.165, 1.54) is 16.8 Å². The molecule has 0 aromatic carbocycles. The van der Waals surface area contributed by atoms with Gasteiger partial charge in [-0.2, -0.15) is 0 Å². The third kappa shape index (κ3) is 3.18. The van der Waals surface area contributed by atoms with E-state index in [0.29, 0.717) is 26.2 Å². The summed E-state index contributed by atoms with van der Waals surface area (Å²) in [5.41, 5.74) is 0. The lowest BCUT2D eigenvalue weighted by molar-refractivity contribution is 0.0746. The Hall–Kier alpha value is -1.38. The fraction of sp³-hybridized carbons (Fsp3) is 0.643. The van der Waals surface area contributed by atoms with Crippen molar-refractivity contribution in [3.05, 3.63) is 24.2 Å². The summed E-state index contributed by atoms with van der Waals surface area (Å²) in [6.45, 7) is 1.98. The number of piperidine rings is 1. The first kappa shape index (κ1) is 15.5. The van der Waals surface area contributed by atoms with Crippen molar-refractivity contribution in [2.75, 3.05) is 32.5 Å². The van der Waals surface area contributed by atoms with Crippen LogP contribution in [0, 0.1) is 11.8 Å². The molecule has 1 amide bonds. The molecule has 22 heavy (non-hydrogen) atoms. The number of nitrogens with one attached hydrogen (secondary N) is 1. The molecular weight excluding hydrogens is 308 g/mol. The minimum Gasteiger partial charge on any atom is -0.459 e. The average Bonchev–Trinajstić information content (AvgIpc) is 3.13. The summed E-state index contributed by atoms with van der Waals surface area (Å²) in [6, 6.07) is 3.27. The number of hydrogen-bond acceptors (Lipinski definition) is 5. The Morgan fingerprint density at radius 2 is 2.32 bits per heavy atom. The highest BCUT2D eigenvalue weighted by molar-refractivity contribution is 7.88. The van der Waals surface area contributed by atoms with E-state index in [-0.39, 0.29) is 29.6 Å². The highest BCUT2D eigenvalue weighted by atomic mass is 32.2. The van der Waals surface area contributed by atoms with Gasteiger partial charge in [-0.3, -0.25) is 4.79 Å². The van der Waals surface area contributed by atoms with Crippen molar-refractivity contribution in [1.29, 1.82) is 0 Å². The maximum atomic E-state index is 11.9. The van der Waals surface area contributed by atoms with Gasteiger partial charge in [0.1, 0.15) is 0 Å². The van der Waals surface area contributed by atoms with Crippen LogP contribution in [0.3, 0.4) is 0 Å². The van der Waals surface area contributed by atoms with E-state index in [0.717, 1.165) is 6.42 Å². The molecule has 3 heterocycles. The van der Waals surface area contributed by atoms with Crippen molar-refractivity contribution in [3.8, 4) is 0 Å². The fourth-order valence-electron chi connectivity index (χ4n) is 3.25. The van der Waals surface area contributed by atoms with Crippen molar-refractivity contribution in [2.45, 2.75) is 12.5 Å². The van der Waals surface area contributed by atoms with Crippen LogP contribution < -0.4 is 5.32 Å². The molecule has 2 fully saturated rings. The second-order valence-corrected chi connectivity index (χ2v) is 7.88. The predicted octanol–water partition coefficient (Wildman–Crippen LogP) is 0.306. The van der Waals surface area contributed by atoms with Crippen LogP contribution in [0.1, 0.15) is 17.0 Å². The molecule has 122 valence electrons. The molecule has 0 radical (unpaired) electrons. The van der Waals surface area contributed by atoms with E-state index >= 15 is 0 Å². The van der Waals surface area contributed by atoms with Gasteiger partial charge in [0.25, 0.3) is 5.91 Å². The molecule has 1 aromatic rings. The Balaban J connectivity index is 1.54. The van der Waals surface area contributed by atoms with Crippen LogP contribution in [0.5, 0.6) is 0 Å². The van der Waals surface area contributed by atoms with E-state index in [4.69, 9.17) is 9.15 Å². The van der Waals surface area contributed by atoms with Crippen LogP contribution in [0.15, 0.2) is 22.8 Å². The number of amides is 1. The Morgan fingerprint density at radius 3 is 3.00 bits per heavy atom. The van der Waals surface area contributed by atoms with E-state index in [1.54, 1.807) is 12.1 Å². The molecule has 3 atom stereocenters. The molecule has 7 nitrogen and oxygen atoms in total. The van der Waals surface area contributed by atoms with Crippen LogP contribution in [0.4, 0.5) is 0 Å². The average molecular weight is 328 g/mol. The zero-order chi connectivity index (χ0) is 15.7. The summed E-state index contributed by atoms with van der Waals surface area (Å²) < 4.78 is 35.6. The van der Waals surface area contributed by atoms with Gasteiger partial charge in [0.05, 0.1) is 25.2 Å². The SMILES string of the molecule is CS(=O)(=O)N1CC[C@@H]2[C@@H](CO[C@H]2CNC(=O)c2ccco2)C1. The summed E-state index contributed by atoms with van der Waals surface area (Å²) in [4.78, 5) is 11.9. The topological polar surface area (TPSA) is 88.9 Å². The van der Waals surface area contributed by atoms with E-state index in [9.17, 15) is 13.2 Å². The van der Waals surface area contributed by atoms with Crippen molar-refractivity contribution >= 4 is 15.9 Å². The van der Waals surface area contributed by atoms with Gasteiger partial charge in [-0.15, -0.1) is 0 Å². The number of nitrogens with zero attached hydrogens (tertiary/aromatic N) is 1. The number of sulfonamides is 1. The zero-order valence-electron chi connectivity index (χ0n) is 12.4. The van der Waals surface area contributed by atoms with E-state index in [1.807, 2.05) is 0 Å². The molecule has 0 aliphatic carbocycles. The molecule has 1 N–H and O–H groups in total. The highest BCUT2D eigenvalue weighted by Gasteiger charge is 2.42. The summed E-state index contributed by atoms with van der Waals surface area (Å²) in [7, 11) is -3.14. The maximum Gasteiger partial charge on any atom is 0.287 e. The molecular formula is C14H20N2O5S. The summed E-state index contributed by atoms with van der Waals surface area (Å²) >= 11 is 0. The zero-order valence-corrected chi connectivity index (χ0v) is 13.2. The summed E-state index contributed by atoms with van der Waals surface area (Å²) in [6.07, 6.45) is 3.40. The number of rotatable bonds is 4. The Labute approximate surface area is 129 Å². The van der Waals surface area contributed by atoms with Crippen LogP contribution in [-0.2, 0) is 14.8 Å². The van der Waals surface area contributed by atoms with Crippen LogP contribution in [-0.4, -0.2) is 57.2 Å². The first-order chi connectivity index (χ1) is 10.4. The van der Waals surface area contributed by atoms with Crippen LogP contribution in [0.25, 0.3) is 0 Å². The van der Waals surface area contributed by atoms with Crippen molar-refractivity contribution in [3.63, 3.8) is 0 Å². The van der Waals surface area contributed by atoms with Gasteiger partial charge in [-0.25, -0.2) is 12.7 Å². The summed E-state index contributed by atoms with van der Waals surface area (Å²) in [5, 5.41) is 2.81. The lowest BCUT2D eigenvalue weighted by Crippen LogP contribution is -2.45. The Morgan fingerprint density at radius 1 is 1.50 bits per heavy atom. The number of furan rings is 1. The number of carbonyl (C=O) groups excluding carboxylic acids is 1. The second-order valence-electron chi connectivity index (χ2n) is 5.89. The van der Waals surface area contributed by atoms with Crippen LogP contribution in [0.2, 0.25) is 0 Å². The highest BCUT2D eigenvalue weighted by Crippen LogP contribution is 2.34. The fourth-order valence-corrected chi connectivity index (χ4v) is 4.15. The lowest BCUT2D eigenvalue weighted by Gasteiger charge is -2.34. The molecule has 2 saturated heterocycles. The van der Waals surface area contributed by atoms with Crippen LogP contribution >= 0.6 is 0 Å². The molecule has 1 aromatic heterocycles. The lowest BCUT2D eigenvalue weighted by atomic mass is 9.85. The molecule has 0 spiro atoms. The molecule has 8 heteroatoms. The van der Waals surface area contributed by atoms with Crippen molar-refractivity contribution < 1.29 is 22.4 Å². The largest absolute Gasteiger partial charge is 0.459 e. The number of hydrogen-bond donors (Lipinski definition) is 1. The minimum atomic E-state index is -3.14.